The molecule has 0 spiro atoms. The van der Waals surface area contributed by atoms with Gasteiger partial charge in [-0.25, -0.2) is 0 Å². The van der Waals surface area contributed by atoms with E-state index < -0.39 is 0 Å². The summed E-state index contributed by atoms with van der Waals surface area (Å²) in [5.41, 5.74) is 9.84. The first-order valence-corrected chi connectivity index (χ1v) is 17.6. The summed E-state index contributed by atoms with van der Waals surface area (Å²) in [6.45, 7) is 2.34. The van der Waals surface area contributed by atoms with Crippen LogP contribution in [0.3, 0.4) is 0 Å². The second-order valence-corrected chi connectivity index (χ2v) is 13.4. The van der Waals surface area contributed by atoms with Gasteiger partial charge in [-0.2, -0.15) is 0 Å². The first-order valence-electron chi connectivity index (χ1n) is 17.6. The van der Waals surface area contributed by atoms with Crippen LogP contribution in [0.2, 0.25) is 0 Å². The minimum absolute atomic E-state index is 0.310. The molecule has 0 heterocycles. The predicted octanol–water partition coefficient (Wildman–Crippen LogP) is 13.5. The van der Waals surface area contributed by atoms with Gasteiger partial charge in [0.15, 0.2) is 0 Å². The smallest absolute Gasteiger partial charge is 0.0461 e. The molecule has 2 unspecified atom stereocenters. The number of para-hydroxylation sites is 1. The lowest BCUT2D eigenvalue weighted by Crippen LogP contribution is -2.20. The molecule has 1 nitrogen and oxygen atoms in total. The Morgan fingerprint density at radius 3 is 1.76 bits per heavy atom. The molecule has 0 fully saturated rings. The van der Waals surface area contributed by atoms with Gasteiger partial charge in [0.2, 0.25) is 0 Å². The Kier molecular flexibility index (Phi) is 7.59. The van der Waals surface area contributed by atoms with Crippen LogP contribution in [-0.4, -0.2) is 0 Å². The highest BCUT2D eigenvalue weighted by Crippen LogP contribution is 2.43. The average molecular weight is 640 g/mol. The summed E-state index contributed by atoms with van der Waals surface area (Å²) < 4.78 is 0. The molecule has 0 saturated heterocycles. The Hall–Kier alpha value is -6.18. The van der Waals surface area contributed by atoms with Crippen molar-refractivity contribution in [2.75, 3.05) is 4.90 Å². The molecule has 1 aliphatic carbocycles. The fraction of sp³-hybridized carbons (Fsp3) is 0.0612. The van der Waals surface area contributed by atoms with Crippen LogP contribution < -0.4 is 4.90 Å². The molecular weight excluding hydrogens is 603 g/mol. The van der Waals surface area contributed by atoms with Crippen LogP contribution >= 0.6 is 0 Å². The van der Waals surface area contributed by atoms with Crippen molar-refractivity contribution in [2.24, 2.45) is 5.92 Å². The molecule has 0 aromatic heterocycles. The third-order valence-corrected chi connectivity index (χ3v) is 10.4. The van der Waals surface area contributed by atoms with Crippen LogP contribution in [0.4, 0.5) is 11.4 Å². The van der Waals surface area contributed by atoms with E-state index in [1.54, 1.807) is 0 Å². The number of hydrogen-bond acceptors (Lipinski definition) is 1. The predicted molar refractivity (Wildman–Crippen MR) is 214 cm³/mol. The number of anilines is 2. The van der Waals surface area contributed by atoms with Gasteiger partial charge in [0.1, 0.15) is 0 Å². The van der Waals surface area contributed by atoms with E-state index in [2.05, 4.69) is 206 Å². The van der Waals surface area contributed by atoms with Crippen LogP contribution in [0, 0.1) is 5.92 Å². The Morgan fingerprint density at radius 2 is 1.02 bits per heavy atom. The van der Waals surface area contributed by atoms with Crippen molar-refractivity contribution >= 4 is 43.7 Å². The lowest BCUT2D eigenvalue weighted by atomic mass is 9.81. The second-order valence-electron chi connectivity index (χ2n) is 13.4. The number of allylic oxidation sites excluding steroid dienone is 3. The molecule has 238 valence electrons. The van der Waals surface area contributed by atoms with E-state index in [0.717, 1.165) is 11.4 Å². The highest BCUT2D eigenvalue weighted by molar-refractivity contribution is 6.10. The zero-order valence-electron chi connectivity index (χ0n) is 28.1. The lowest BCUT2D eigenvalue weighted by Gasteiger charge is -2.32. The molecule has 9 rings (SSSR count). The third kappa shape index (κ3) is 5.29. The van der Waals surface area contributed by atoms with E-state index in [1.807, 2.05) is 0 Å². The maximum Gasteiger partial charge on any atom is 0.0461 e. The SMILES string of the molecule is CC1C=C(N(c2ccccc2)c2ccc(-c3ccc4ccccc4c3-c3cccc4ccccc34)cc2)C=CC1c1cccc2ccccc12. The number of hydrogen-bond donors (Lipinski definition) is 0. The summed E-state index contributed by atoms with van der Waals surface area (Å²) in [4.78, 5) is 2.39. The van der Waals surface area contributed by atoms with Gasteiger partial charge in [-0.15, -0.1) is 0 Å². The highest BCUT2D eigenvalue weighted by Gasteiger charge is 2.24. The van der Waals surface area contributed by atoms with Crippen molar-refractivity contribution in [2.45, 2.75) is 12.8 Å². The minimum atomic E-state index is 0.310. The van der Waals surface area contributed by atoms with Crippen molar-refractivity contribution in [1.29, 1.82) is 0 Å². The Labute approximate surface area is 294 Å². The van der Waals surface area contributed by atoms with E-state index in [9.17, 15) is 0 Å². The summed E-state index contributed by atoms with van der Waals surface area (Å²) in [7, 11) is 0. The fourth-order valence-electron chi connectivity index (χ4n) is 7.94. The molecule has 0 saturated carbocycles. The Bertz CT molecular complexity index is 2550. The third-order valence-electron chi connectivity index (χ3n) is 10.4. The maximum absolute atomic E-state index is 2.44. The molecule has 50 heavy (non-hydrogen) atoms. The fourth-order valence-corrected chi connectivity index (χ4v) is 7.94. The van der Waals surface area contributed by atoms with Gasteiger partial charge in [0.25, 0.3) is 0 Å². The van der Waals surface area contributed by atoms with Crippen molar-refractivity contribution < 1.29 is 0 Å². The van der Waals surface area contributed by atoms with Gasteiger partial charge < -0.3 is 4.90 Å². The molecule has 1 aliphatic rings. The average Bonchev–Trinajstić information content (AvgIpc) is 3.18. The summed E-state index contributed by atoms with van der Waals surface area (Å²) in [6.07, 6.45) is 7.15. The maximum atomic E-state index is 2.44. The molecule has 0 amide bonds. The van der Waals surface area contributed by atoms with E-state index in [1.165, 1.54) is 65.8 Å². The second kappa shape index (κ2) is 12.7. The number of fused-ring (bicyclic) bond motifs is 3. The molecule has 8 aromatic carbocycles. The zero-order valence-corrected chi connectivity index (χ0v) is 28.1. The molecule has 0 bridgehead atoms. The van der Waals surface area contributed by atoms with Crippen LogP contribution in [0.15, 0.2) is 200 Å². The van der Waals surface area contributed by atoms with E-state index >= 15 is 0 Å². The minimum Gasteiger partial charge on any atom is -0.311 e. The van der Waals surface area contributed by atoms with Gasteiger partial charge in [0, 0.05) is 23.0 Å². The number of rotatable bonds is 6. The van der Waals surface area contributed by atoms with Gasteiger partial charge >= 0.3 is 0 Å². The quantitative estimate of drug-likeness (QED) is 0.175. The molecule has 0 aliphatic heterocycles. The first kappa shape index (κ1) is 29.9. The van der Waals surface area contributed by atoms with Crippen LogP contribution in [-0.2, 0) is 0 Å². The standard InChI is InChI=1S/C49H37N/c1-34-33-41(30-32-42(34)47-23-11-16-35-13-5-8-20-43(35)47)50(39-18-3-2-4-19-39)40-28-25-38(26-29-40)46-31-27-37-15-7-10-22-45(37)49(46)48-24-12-17-36-14-6-9-21-44(36)48/h2-34,42H,1H3. The summed E-state index contributed by atoms with van der Waals surface area (Å²) in [5, 5.41) is 7.67. The number of nitrogens with zero attached hydrogens (tertiary/aromatic N) is 1. The van der Waals surface area contributed by atoms with Crippen molar-refractivity contribution in [3.05, 3.63) is 205 Å². The highest BCUT2D eigenvalue weighted by atomic mass is 15.1. The van der Waals surface area contributed by atoms with Gasteiger partial charge in [-0.1, -0.05) is 171 Å². The molecule has 0 N–H and O–H groups in total. The van der Waals surface area contributed by atoms with Crippen LogP contribution in [0.5, 0.6) is 0 Å². The molecular formula is C49H37N. The van der Waals surface area contributed by atoms with Crippen molar-refractivity contribution in [3.8, 4) is 22.3 Å². The molecule has 2 atom stereocenters. The number of benzene rings is 8. The Balaban J connectivity index is 1.13. The summed E-state index contributed by atoms with van der Waals surface area (Å²) in [6, 6.07) is 64.0. The summed E-state index contributed by atoms with van der Waals surface area (Å²) in [5.74, 6) is 0.636. The normalized spacial score (nSPS) is 15.7. The topological polar surface area (TPSA) is 3.24 Å². The van der Waals surface area contributed by atoms with Gasteiger partial charge in [-0.3, -0.25) is 0 Å². The van der Waals surface area contributed by atoms with Crippen molar-refractivity contribution in [1.82, 2.24) is 0 Å². The lowest BCUT2D eigenvalue weighted by molar-refractivity contribution is 0.632. The molecule has 0 radical (unpaired) electrons. The summed E-state index contributed by atoms with van der Waals surface area (Å²) >= 11 is 0. The first-order chi connectivity index (χ1) is 24.7. The van der Waals surface area contributed by atoms with Gasteiger partial charge in [0.05, 0.1) is 0 Å². The molecule has 1 heteroatoms. The van der Waals surface area contributed by atoms with E-state index in [0.29, 0.717) is 11.8 Å². The van der Waals surface area contributed by atoms with Gasteiger partial charge in [-0.05, 0) is 96.4 Å². The Morgan fingerprint density at radius 1 is 0.440 bits per heavy atom. The zero-order chi connectivity index (χ0) is 33.4. The van der Waals surface area contributed by atoms with E-state index in [-0.39, 0.29) is 0 Å². The monoisotopic (exact) mass is 639 g/mol. The van der Waals surface area contributed by atoms with Crippen molar-refractivity contribution in [3.63, 3.8) is 0 Å². The van der Waals surface area contributed by atoms with Crippen LogP contribution in [0.1, 0.15) is 18.4 Å². The van der Waals surface area contributed by atoms with Crippen LogP contribution in [0.25, 0.3) is 54.6 Å². The largest absolute Gasteiger partial charge is 0.311 e. The van der Waals surface area contributed by atoms with E-state index in [4.69, 9.17) is 0 Å². The molecule has 8 aromatic rings.